The van der Waals surface area contributed by atoms with E-state index in [4.69, 9.17) is 0 Å². The molecule has 0 aliphatic rings. The number of rotatable bonds is 5. The van der Waals surface area contributed by atoms with Crippen LogP contribution in [0.25, 0.3) is 0 Å². The zero-order valence-electron chi connectivity index (χ0n) is 9.59. The third-order valence-electron chi connectivity index (χ3n) is 2.35. The molecule has 0 fully saturated rings. The van der Waals surface area contributed by atoms with Crippen molar-refractivity contribution >= 4 is 0 Å². The molecule has 2 aromatic rings. The van der Waals surface area contributed by atoms with Crippen molar-refractivity contribution in [1.82, 2.24) is 29.9 Å². The molecule has 0 bridgehead atoms. The van der Waals surface area contributed by atoms with E-state index in [1.807, 2.05) is 35.6 Å². The van der Waals surface area contributed by atoms with Crippen LogP contribution in [-0.4, -0.2) is 31.6 Å². The van der Waals surface area contributed by atoms with E-state index in [1.54, 1.807) is 6.33 Å². The lowest BCUT2D eigenvalue weighted by atomic mass is 10.4. The van der Waals surface area contributed by atoms with Crippen LogP contribution in [0.3, 0.4) is 0 Å². The van der Waals surface area contributed by atoms with E-state index in [2.05, 4.69) is 20.5 Å². The molecule has 0 saturated heterocycles. The van der Waals surface area contributed by atoms with Gasteiger partial charge in [-0.3, -0.25) is 4.68 Å². The van der Waals surface area contributed by atoms with E-state index in [-0.39, 0.29) is 0 Å². The molecule has 0 atom stereocenters. The Labute approximate surface area is 94.3 Å². The SMILES string of the molecule is CCn1ncnc1Cn1ccc(CNC)n1. The van der Waals surface area contributed by atoms with Gasteiger partial charge in [-0.25, -0.2) is 9.67 Å². The minimum Gasteiger partial charge on any atom is -0.314 e. The fourth-order valence-corrected chi connectivity index (χ4v) is 1.59. The molecular weight excluding hydrogens is 204 g/mol. The van der Waals surface area contributed by atoms with Crippen LogP contribution in [0, 0.1) is 0 Å². The van der Waals surface area contributed by atoms with Gasteiger partial charge in [-0.15, -0.1) is 0 Å². The summed E-state index contributed by atoms with van der Waals surface area (Å²) in [7, 11) is 1.91. The summed E-state index contributed by atoms with van der Waals surface area (Å²) < 4.78 is 3.75. The first-order valence-electron chi connectivity index (χ1n) is 5.37. The number of hydrogen-bond donors (Lipinski definition) is 1. The Morgan fingerprint density at radius 2 is 2.31 bits per heavy atom. The first-order chi connectivity index (χ1) is 7.83. The van der Waals surface area contributed by atoms with Crippen LogP contribution in [0.5, 0.6) is 0 Å². The second-order valence-corrected chi connectivity index (χ2v) is 3.53. The van der Waals surface area contributed by atoms with Gasteiger partial charge in [0.2, 0.25) is 0 Å². The highest BCUT2D eigenvalue weighted by Gasteiger charge is 2.04. The second-order valence-electron chi connectivity index (χ2n) is 3.53. The average molecular weight is 220 g/mol. The zero-order valence-corrected chi connectivity index (χ0v) is 9.59. The Morgan fingerprint density at radius 3 is 3.06 bits per heavy atom. The normalized spacial score (nSPS) is 10.9. The monoisotopic (exact) mass is 220 g/mol. The van der Waals surface area contributed by atoms with Crippen molar-refractivity contribution in [2.45, 2.75) is 26.6 Å². The van der Waals surface area contributed by atoms with Gasteiger partial charge >= 0.3 is 0 Å². The highest BCUT2D eigenvalue weighted by Crippen LogP contribution is 2.00. The van der Waals surface area contributed by atoms with Crippen LogP contribution in [0.2, 0.25) is 0 Å². The molecule has 16 heavy (non-hydrogen) atoms. The van der Waals surface area contributed by atoms with E-state index in [0.717, 1.165) is 24.6 Å². The van der Waals surface area contributed by atoms with E-state index in [9.17, 15) is 0 Å². The number of hydrogen-bond acceptors (Lipinski definition) is 4. The topological polar surface area (TPSA) is 60.6 Å². The summed E-state index contributed by atoms with van der Waals surface area (Å²) >= 11 is 0. The van der Waals surface area contributed by atoms with Crippen LogP contribution in [0.15, 0.2) is 18.6 Å². The number of nitrogens with zero attached hydrogens (tertiary/aromatic N) is 5. The van der Waals surface area contributed by atoms with Crippen LogP contribution < -0.4 is 5.32 Å². The molecule has 2 aromatic heterocycles. The molecule has 86 valence electrons. The molecule has 0 saturated carbocycles. The third-order valence-corrected chi connectivity index (χ3v) is 2.35. The molecular formula is C10H16N6. The van der Waals surface area contributed by atoms with Gasteiger partial charge in [-0.05, 0) is 20.0 Å². The van der Waals surface area contributed by atoms with Gasteiger partial charge in [0.25, 0.3) is 0 Å². The quantitative estimate of drug-likeness (QED) is 0.785. The van der Waals surface area contributed by atoms with Crippen molar-refractivity contribution in [2.75, 3.05) is 7.05 Å². The van der Waals surface area contributed by atoms with Crippen molar-refractivity contribution in [3.8, 4) is 0 Å². The van der Waals surface area contributed by atoms with Gasteiger partial charge in [0, 0.05) is 19.3 Å². The van der Waals surface area contributed by atoms with Crippen LogP contribution >= 0.6 is 0 Å². The minimum atomic E-state index is 0.664. The van der Waals surface area contributed by atoms with Crippen molar-refractivity contribution in [1.29, 1.82) is 0 Å². The fraction of sp³-hybridized carbons (Fsp3) is 0.500. The van der Waals surface area contributed by atoms with Gasteiger partial charge < -0.3 is 5.32 Å². The van der Waals surface area contributed by atoms with E-state index < -0.39 is 0 Å². The first-order valence-corrected chi connectivity index (χ1v) is 5.37. The summed E-state index contributed by atoms with van der Waals surface area (Å²) in [6, 6.07) is 2.00. The van der Waals surface area contributed by atoms with Crippen molar-refractivity contribution < 1.29 is 0 Å². The molecule has 0 unspecified atom stereocenters. The highest BCUT2D eigenvalue weighted by molar-refractivity contribution is 4.99. The van der Waals surface area contributed by atoms with Crippen LogP contribution in [0.1, 0.15) is 18.4 Å². The molecule has 2 rings (SSSR count). The van der Waals surface area contributed by atoms with Crippen LogP contribution in [-0.2, 0) is 19.6 Å². The Bertz CT molecular complexity index is 444. The predicted octanol–water partition coefficient (Wildman–Crippen LogP) is 0.262. The van der Waals surface area contributed by atoms with Gasteiger partial charge in [-0.1, -0.05) is 0 Å². The molecule has 0 radical (unpaired) electrons. The first kappa shape index (κ1) is 10.8. The summed E-state index contributed by atoms with van der Waals surface area (Å²) in [5, 5.41) is 11.6. The lowest BCUT2D eigenvalue weighted by Crippen LogP contribution is -2.11. The van der Waals surface area contributed by atoms with E-state index in [0.29, 0.717) is 6.54 Å². The summed E-state index contributed by atoms with van der Waals surface area (Å²) in [6.45, 7) is 4.33. The van der Waals surface area contributed by atoms with Gasteiger partial charge in [0.05, 0.1) is 5.69 Å². The smallest absolute Gasteiger partial charge is 0.148 e. The number of aryl methyl sites for hydroxylation is 1. The predicted molar refractivity (Wildman–Crippen MR) is 59.8 cm³/mol. The van der Waals surface area contributed by atoms with E-state index in [1.165, 1.54) is 0 Å². The number of nitrogens with one attached hydrogen (secondary N) is 1. The molecule has 6 heteroatoms. The standard InChI is InChI=1S/C10H16N6/c1-3-16-10(12-8-13-16)7-15-5-4-9(14-15)6-11-2/h4-5,8,11H,3,6-7H2,1-2H3. The largest absolute Gasteiger partial charge is 0.314 e. The maximum atomic E-state index is 4.42. The summed E-state index contributed by atoms with van der Waals surface area (Å²) in [6.07, 6.45) is 3.54. The Kier molecular flexibility index (Phi) is 3.31. The fourth-order valence-electron chi connectivity index (χ4n) is 1.59. The maximum Gasteiger partial charge on any atom is 0.148 e. The van der Waals surface area contributed by atoms with Crippen molar-refractivity contribution in [3.05, 3.63) is 30.1 Å². The summed E-state index contributed by atoms with van der Waals surface area (Å²) in [5.41, 5.74) is 1.03. The van der Waals surface area contributed by atoms with Crippen molar-refractivity contribution in [2.24, 2.45) is 0 Å². The Hall–Kier alpha value is -1.69. The lowest BCUT2D eigenvalue weighted by molar-refractivity contribution is 0.563. The molecule has 0 aliphatic heterocycles. The Morgan fingerprint density at radius 1 is 1.44 bits per heavy atom. The van der Waals surface area contributed by atoms with E-state index >= 15 is 0 Å². The van der Waals surface area contributed by atoms with Gasteiger partial charge in [-0.2, -0.15) is 10.2 Å². The zero-order chi connectivity index (χ0) is 11.4. The molecule has 0 aromatic carbocycles. The minimum absolute atomic E-state index is 0.664. The molecule has 1 N–H and O–H groups in total. The van der Waals surface area contributed by atoms with Gasteiger partial charge in [0.1, 0.15) is 18.7 Å². The highest BCUT2D eigenvalue weighted by atomic mass is 15.4. The lowest BCUT2D eigenvalue weighted by Gasteiger charge is -2.02. The molecule has 2 heterocycles. The third kappa shape index (κ3) is 2.27. The molecule has 0 spiro atoms. The second kappa shape index (κ2) is 4.89. The average Bonchev–Trinajstić information content (AvgIpc) is 2.89. The Balaban J connectivity index is 2.08. The van der Waals surface area contributed by atoms with Crippen molar-refractivity contribution in [3.63, 3.8) is 0 Å². The summed E-state index contributed by atoms with van der Waals surface area (Å²) in [4.78, 5) is 4.21. The van der Waals surface area contributed by atoms with Gasteiger partial charge in [0.15, 0.2) is 0 Å². The van der Waals surface area contributed by atoms with Crippen LogP contribution in [0.4, 0.5) is 0 Å². The molecule has 6 nitrogen and oxygen atoms in total. The number of aromatic nitrogens is 5. The maximum absolute atomic E-state index is 4.42. The molecule has 0 aliphatic carbocycles. The molecule has 0 amide bonds. The summed E-state index contributed by atoms with van der Waals surface area (Å²) in [5.74, 6) is 0.932.